The molecule has 0 spiro atoms. The van der Waals surface area contributed by atoms with Crippen molar-refractivity contribution in [3.8, 4) is 0 Å². The van der Waals surface area contributed by atoms with Crippen molar-refractivity contribution in [2.45, 2.75) is 13.1 Å². The Morgan fingerprint density at radius 2 is 1.33 bits per heavy atom. The van der Waals surface area contributed by atoms with E-state index in [0.29, 0.717) is 13.1 Å². The molecule has 0 amide bonds. The quantitative estimate of drug-likeness (QED) is 0.262. The van der Waals surface area contributed by atoms with Gasteiger partial charge < -0.3 is 0 Å². The SMILES string of the molecule is O=C(c1cn(Cc2ccc(F)cc2)nn1)c1cn(Cc2ccc([N+](=O)[O-])cc2)nn1. The van der Waals surface area contributed by atoms with Crippen molar-refractivity contribution >= 4 is 11.5 Å². The third-order valence-corrected chi connectivity index (χ3v) is 4.29. The standard InChI is InChI=1S/C19H14FN7O3/c20-15-5-1-13(2-6-15)9-25-11-17(21-23-25)19(28)18-12-26(24-22-18)10-14-3-7-16(8-4-14)27(29)30/h1-8,11-12H,9-10H2. The van der Waals surface area contributed by atoms with Crippen molar-refractivity contribution in [3.05, 3.63) is 99.4 Å². The zero-order valence-corrected chi connectivity index (χ0v) is 15.4. The Morgan fingerprint density at radius 1 is 0.867 bits per heavy atom. The van der Waals surface area contributed by atoms with Gasteiger partial charge in [-0.2, -0.15) is 0 Å². The van der Waals surface area contributed by atoms with E-state index in [9.17, 15) is 19.3 Å². The summed E-state index contributed by atoms with van der Waals surface area (Å²) in [4.78, 5) is 22.8. The lowest BCUT2D eigenvalue weighted by Gasteiger charge is -2.00. The van der Waals surface area contributed by atoms with Crippen LogP contribution >= 0.6 is 0 Å². The lowest BCUT2D eigenvalue weighted by Crippen LogP contribution is -2.03. The molecule has 11 heteroatoms. The first-order valence-corrected chi connectivity index (χ1v) is 8.81. The second-order valence-corrected chi connectivity index (χ2v) is 6.48. The van der Waals surface area contributed by atoms with Gasteiger partial charge in [-0.05, 0) is 23.3 Å². The van der Waals surface area contributed by atoms with Crippen molar-refractivity contribution in [2.24, 2.45) is 0 Å². The van der Waals surface area contributed by atoms with Crippen molar-refractivity contribution < 1.29 is 14.1 Å². The third-order valence-electron chi connectivity index (χ3n) is 4.29. The fourth-order valence-electron chi connectivity index (χ4n) is 2.78. The van der Waals surface area contributed by atoms with Crippen LogP contribution in [-0.2, 0) is 13.1 Å². The van der Waals surface area contributed by atoms with Crippen molar-refractivity contribution in [1.82, 2.24) is 30.0 Å². The number of hydrogen-bond donors (Lipinski definition) is 0. The van der Waals surface area contributed by atoms with Crippen LogP contribution in [0.5, 0.6) is 0 Å². The number of hydrogen-bond acceptors (Lipinski definition) is 7. The molecular weight excluding hydrogens is 393 g/mol. The van der Waals surface area contributed by atoms with Gasteiger partial charge in [-0.3, -0.25) is 14.9 Å². The highest BCUT2D eigenvalue weighted by Gasteiger charge is 2.17. The molecule has 0 atom stereocenters. The average molecular weight is 407 g/mol. The first kappa shape index (κ1) is 19.1. The number of carbonyl (C=O) groups excluding carboxylic acids is 1. The molecule has 0 aliphatic rings. The van der Waals surface area contributed by atoms with Crippen LogP contribution in [-0.4, -0.2) is 40.7 Å². The molecule has 2 heterocycles. The number of nitrogens with zero attached hydrogens (tertiary/aromatic N) is 7. The van der Waals surface area contributed by atoms with Crippen LogP contribution in [0.1, 0.15) is 27.3 Å². The number of nitro benzene ring substituents is 1. The summed E-state index contributed by atoms with van der Waals surface area (Å²) in [6.45, 7) is 0.642. The zero-order valence-electron chi connectivity index (χ0n) is 15.4. The normalized spacial score (nSPS) is 10.8. The molecular formula is C19H14FN7O3. The molecule has 4 aromatic rings. The Kier molecular flexibility index (Phi) is 5.08. The summed E-state index contributed by atoms with van der Waals surface area (Å²) in [5.41, 5.74) is 1.80. The molecule has 0 saturated carbocycles. The topological polar surface area (TPSA) is 122 Å². The Balaban J connectivity index is 1.43. The van der Waals surface area contributed by atoms with E-state index in [1.807, 2.05) is 0 Å². The van der Waals surface area contributed by atoms with E-state index in [1.165, 1.54) is 46.0 Å². The van der Waals surface area contributed by atoms with Gasteiger partial charge in [0.25, 0.3) is 5.69 Å². The highest BCUT2D eigenvalue weighted by molar-refractivity contribution is 6.05. The van der Waals surface area contributed by atoms with Gasteiger partial charge in [0, 0.05) is 12.1 Å². The zero-order chi connectivity index (χ0) is 21.1. The van der Waals surface area contributed by atoms with Gasteiger partial charge in [0.1, 0.15) is 5.82 Å². The largest absolute Gasteiger partial charge is 0.285 e. The first-order valence-electron chi connectivity index (χ1n) is 8.81. The molecule has 150 valence electrons. The Morgan fingerprint density at radius 3 is 1.80 bits per heavy atom. The highest BCUT2D eigenvalue weighted by Crippen LogP contribution is 2.13. The number of non-ortho nitro benzene ring substituents is 1. The molecule has 0 fully saturated rings. The van der Waals surface area contributed by atoms with Gasteiger partial charge in [-0.15, -0.1) is 10.2 Å². The van der Waals surface area contributed by atoms with Gasteiger partial charge in [-0.25, -0.2) is 13.8 Å². The van der Waals surface area contributed by atoms with Crippen molar-refractivity contribution in [3.63, 3.8) is 0 Å². The number of aromatic nitrogens is 6. The van der Waals surface area contributed by atoms with Crippen LogP contribution in [0.3, 0.4) is 0 Å². The number of ketones is 1. The number of benzene rings is 2. The lowest BCUT2D eigenvalue weighted by molar-refractivity contribution is -0.384. The molecule has 0 aliphatic heterocycles. The summed E-state index contributed by atoms with van der Waals surface area (Å²) < 4.78 is 15.9. The molecule has 0 aliphatic carbocycles. The summed E-state index contributed by atoms with van der Waals surface area (Å²) >= 11 is 0. The predicted molar refractivity (Wildman–Crippen MR) is 101 cm³/mol. The van der Waals surface area contributed by atoms with Crippen LogP contribution in [0.4, 0.5) is 10.1 Å². The summed E-state index contributed by atoms with van der Waals surface area (Å²) in [6, 6.07) is 12.0. The Bertz CT molecular complexity index is 1200. The minimum Gasteiger partial charge on any atom is -0.285 e. The lowest BCUT2D eigenvalue weighted by atomic mass is 10.2. The third kappa shape index (κ3) is 4.24. The molecule has 30 heavy (non-hydrogen) atoms. The molecule has 0 N–H and O–H groups in total. The smallest absolute Gasteiger partial charge is 0.269 e. The second-order valence-electron chi connectivity index (χ2n) is 6.48. The Labute approximate surface area is 168 Å². The maximum absolute atomic E-state index is 13.0. The first-order chi connectivity index (χ1) is 14.5. The molecule has 4 rings (SSSR count). The maximum Gasteiger partial charge on any atom is 0.269 e. The van der Waals surface area contributed by atoms with Crippen LogP contribution in [0.25, 0.3) is 0 Å². The average Bonchev–Trinajstić information content (AvgIpc) is 3.39. The monoisotopic (exact) mass is 407 g/mol. The highest BCUT2D eigenvalue weighted by atomic mass is 19.1. The number of rotatable bonds is 7. The minimum absolute atomic E-state index is 0.00284. The van der Waals surface area contributed by atoms with Gasteiger partial charge in [-0.1, -0.05) is 34.7 Å². The number of halogens is 1. The molecule has 10 nitrogen and oxygen atoms in total. The van der Waals surface area contributed by atoms with Crippen molar-refractivity contribution in [2.75, 3.05) is 0 Å². The maximum atomic E-state index is 13.0. The molecule has 2 aromatic carbocycles. The van der Waals surface area contributed by atoms with Gasteiger partial charge in [0.15, 0.2) is 11.4 Å². The molecule has 0 radical (unpaired) electrons. The fourth-order valence-corrected chi connectivity index (χ4v) is 2.78. The van der Waals surface area contributed by atoms with E-state index in [4.69, 9.17) is 0 Å². The van der Waals surface area contributed by atoms with E-state index in [-0.39, 0.29) is 22.9 Å². The van der Waals surface area contributed by atoms with E-state index in [2.05, 4.69) is 20.6 Å². The van der Waals surface area contributed by atoms with Crippen LogP contribution in [0.15, 0.2) is 60.9 Å². The summed E-state index contributed by atoms with van der Waals surface area (Å²) in [5, 5.41) is 26.3. The Hall–Kier alpha value is -4.28. The number of carbonyl (C=O) groups is 1. The molecule has 0 saturated heterocycles. The van der Waals surface area contributed by atoms with Crippen LogP contribution in [0.2, 0.25) is 0 Å². The predicted octanol–water partition coefficient (Wildman–Crippen LogP) is 2.24. The van der Waals surface area contributed by atoms with Gasteiger partial charge in [0.2, 0.25) is 5.78 Å². The van der Waals surface area contributed by atoms with Gasteiger partial charge >= 0.3 is 0 Å². The molecule has 2 aromatic heterocycles. The van der Waals surface area contributed by atoms with Crippen LogP contribution < -0.4 is 0 Å². The van der Waals surface area contributed by atoms with E-state index < -0.39 is 10.7 Å². The summed E-state index contributed by atoms with van der Waals surface area (Å²) in [5.74, 6) is -0.764. The van der Waals surface area contributed by atoms with E-state index in [1.54, 1.807) is 24.3 Å². The van der Waals surface area contributed by atoms with Gasteiger partial charge in [0.05, 0.1) is 30.4 Å². The van der Waals surface area contributed by atoms with E-state index >= 15 is 0 Å². The van der Waals surface area contributed by atoms with Crippen molar-refractivity contribution in [1.29, 1.82) is 0 Å². The second kappa shape index (κ2) is 7.99. The molecule has 0 bridgehead atoms. The molecule has 0 unspecified atom stereocenters. The minimum atomic E-state index is -0.473. The number of nitro groups is 1. The summed E-state index contributed by atoms with van der Waals surface area (Å²) in [7, 11) is 0. The van der Waals surface area contributed by atoms with E-state index in [0.717, 1.165) is 11.1 Å². The fraction of sp³-hybridized carbons (Fsp3) is 0.105. The van der Waals surface area contributed by atoms with Crippen LogP contribution in [0, 0.1) is 15.9 Å². The summed E-state index contributed by atoms with van der Waals surface area (Å²) in [6.07, 6.45) is 2.96.